The average Bonchev–Trinajstić information content (AvgIpc) is 3.11. The summed E-state index contributed by atoms with van der Waals surface area (Å²) >= 11 is 0. The van der Waals surface area contributed by atoms with Gasteiger partial charge >= 0.3 is 0 Å². The van der Waals surface area contributed by atoms with E-state index in [0.29, 0.717) is 13.0 Å². The molecule has 25 heavy (non-hydrogen) atoms. The van der Waals surface area contributed by atoms with E-state index in [-0.39, 0.29) is 12.7 Å². The van der Waals surface area contributed by atoms with Crippen molar-refractivity contribution in [3.8, 4) is 17.2 Å². The summed E-state index contributed by atoms with van der Waals surface area (Å²) in [4.78, 5) is 14.5. The summed E-state index contributed by atoms with van der Waals surface area (Å²) in [5.74, 6) is 2.61. The zero-order chi connectivity index (χ0) is 17.2. The molecule has 130 valence electrons. The second-order valence-electron chi connectivity index (χ2n) is 6.39. The van der Waals surface area contributed by atoms with E-state index in [9.17, 15) is 4.79 Å². The normalized spacial score (nSPS) is 15.0. The first-order chi connectivity index (χ1) is 12.2. The Hall–Kier alpha value is -2.69. The van der Waals surface area contributed by atoms with Gasteiger partial charge in [-0.2, -0.15) is 0 Å². The molecule has 0 aliphatic carbocycles. The Labute approximate surface area is 147 Å². The highest BCUT2D eigenvalue weighted by molar-refractivity contribution is 5.77. The lowest BCUT2D eigenvalue weighted by molar-refractivity contribution is -0.132. The maximum Gasteiger partial charge on any atom is 0.231 e. The van der Waals surface area contributed by atoms with Crippen molar-refractivity contribution in [2.75, 3.05) is 20.4 Å². The number of carbonyl (C=O) groups is 1. The fourth-order valence-corrected chi connectivity index (χ4v) is 3.40. The van der Waals surface area contributed by atoms with Gasteiger partial charge in [0, 0.05) is 19.5 Å². The molecule has 0 bridgehead atoms. The maximum absolute atomic E-state index is 12.6. The van der Waals surface area contributed by atoms with Crippen molar-refractivity contribution in [3.05, 3.63) is 53.1 Å². The lowest BCUT2D eigenvalue weighted by atomic mass is 9.98. The third-order valence-corrected chi connectivity index (χ3v) is 4.82. The molecule has 5 heteroatoms. The maximum atomic E-state index is 12.6. The molecule has 2 aliphatic heterocycles. The summed E-state index contributed by atoms with van der Waals surface area (Å²) in [5.41, 5.74) is 3.53. The van der Waals surface area contributed by atoms with Crippen molar-refractivity contribution in [3.63, 3.8) is 0 Å². The van der Waals surface area contributed by atoms with Gasteiger partial charge in [-0.1, -0.05) is 12.1 Å². The molecule has 4 rings (SSSR count). The predicted octanol–water partition coefficient (Wildman–Crippen LogP) is 2.94. The van der Waals surface area contributed by atoms with Crippen molar-refractivity contribution >= 4 is 5.91 Å². The highest BCUT2D eigenvalue weighted by Gasteiger charge is 2.24. The van der Waals surface area contributed by atoms with Crippen LogP contribution in [-0.4, -0.2) is 31.3 Å². The van der Waals surface area contributed by atoms with E-state index in [1.807, 2.05) is 35.2 Å². The standard InChI is InChI=1S/C20H21NO4/c1-23-17-4-2-3-14(9-17)5-6-20(22)21-8-7-15-10-18-19(25-13-24-18)11-16(15)12-21/h2-4,9-11H,5-8,12-13H2,1H3. The zero-order valence-corrected chi connectivity index (χ0v) is 14.3. The molecule has 0 saturated carbocycles. The van der Waals surface area contributed by atoms with Crippen molar-refractivity contribution < 1.29 is 19.0 Å². The summed E-state index contributed by atoms with van der Waals surface area (Å²) in [6, 6.07) is 12.0. The van der Waals surface area contributed by atoms with Gasteiger partial charge in [0.25, 0.3) is 0 Å². The van der Waals surface area contributed by atoms with Gasteiger partial charge < -0.3 is 19.1 Å². The topological polar surface area (TPSA) is 48.0 Å². The van der Waals surface area contributed by atoms with Crippen LogP contribution in [0.2, 0.25) is 0 Å². The van der Waals surface area contributed by atoms with Crippen LogP contribution in [0, 0.1) is 0 Å². The molecule has 2 heterocycles. The molecule has 2 aromatic rings. The van der Waals surface area contributed by atoms with E-state index in [0.717, 1.165) is 47.8 Å². The third kappa shape index (κ3) is 3.27. The third-order valence-electron chi connectivity index (χ3n) is 4.82. The highest BCUT2D eigenvalue weighted by Crippen LogP contribution is 2.36. The van der Waals surface area contributed by atoms with E-state index < -0.39 is 0 Å². The first kappa shape index (κ1) is 15.8. The number of methoxy groups -OCH3 is 1. The minimum absolute atomic E-state index is 0.186. The molecule has 0 unspecified atom stereocenters. The molecule has 0 atom stereocenters. The molecule has 0 saturated heterocycles. The number of aryl methyl sites for hydroxylation is 1. The van der Waals surface area contributed by atoms with Crippen LogP contribution < -0.4 is 14.2 Å². The molecular weight excluding hydrogens is 318 g/mol. The molecule has 0 radical (unpaired) electrons. The second-order valence-corrected chi connectivity index (χ2v) is 6.39. The number of carbonyl (C=O) groups excluding carboxylic acids is 1. The molecular formula is C20H21NO4. The van der Waals surface area contributed by atoms with Crippen LogP contribution in [-0.2, 0) is 24.2 Å². The molecule has 2 aliphatic rings. The van der Waals surface area contributed by atoms with Gasteiger partial charge in [0.2, 0.25) is 12.7 Å². The van der Waals surface area contributed by atoms with Crippen molar-refractivity contribution in [1.29, 1.82) is 0 Å². The minimum atomic E-state index is 0.186. The van der Waals surface area contributed by atoms with Crippen LogP contribution in [0.3, 0.4) is 0 Å². The van der Waals surface area contributed by atoms with Gasteiger partial charge in [-0.3, -0.25) is 4.79 Å². The van der Waals surface area contributed by atoms with Crippen LogP contribution in [0.25, 0.3) is 0 Å². The Bertz CT molecular complexity index is 802. The van der Waals surface area contributed by atoms with Gasteiger partial charge in [-0.25, -0.2) is 0 Å². The number of benzene rings is 2. The predicted molar refractivity (Wildman–Crippen MR) is 93.0 cm³/mol. The monoisotopic (exact) mass is 339 g/mol. The quantitative estimate of drug-likeness (QED) is 0.859. The first-order valence-corrected chi connectivity index (χ1v) is 8.55. The molecule has 1 amide bonds. The number of fused-ring (bicyclic) bond motifs is 2. The van der Waals surface area contributed by atoms with Gasteiger partial charge in [0.15, 0.2) is 11.5 Å². The Balaban J connectivity index is 1.40. The van der Waals surface area contributed by atoms with Crippen molar-refractivity contribution in [2.45, 2.75) is 25.8 Å². The Kier molecular flexibility index (Phi) is 4.22. The Morgan fingerprint density at radius 1 is 1.16 bits per heavy atom. The van der Waals surface area contributed by atoms with Crippen LogP contribution in [0.5, 0.6) is 17.2 Å². The van der Waals surface area contributed by atoms with E-state index >= 15 is 0 Å². The van der Waals surface area contributed by atoms with Gasteiger partial charge in [0.05, 0.1) is 7.11 Å². The average molecular weight is 339 g/mol. The van der Waals surface area contributed by atoms with Gasteiger partial charge in [-0.15, -0.1) is 0 Å². The van der Waals surface area contributed by atoms with E-state index in [4.69, 9.17) is 14.2 Å². The van der Waals surface area contributed by atoms with Crippen LogP contribution in [0.4, 0.5) is 0 Å². The van der Waals surface area contributed by atoms with Crippen LogP contribution in [0.1, 0.15) is 23.1 Å². The summed E-state index contributed by atoms with van der Waals surface area (Å²) in [7, 11) is 1.65. The number of hydrogen-bond acceptors (Lipinski definition) is 4. The molecule has 0 aromatic heterocycles. The Morgan fingerprint density at radius 3 is 2.76 bits per heavy atom. The van der Waals surface area contributed by atoms with Crippen LogP contribution in [0.15, 0.2) is 36.4 Å². The number of ether oxygens (including phenoxy) is 3. The van der Waals surface area contributed by atoms with Crippen molar-refractivity contribution in [1.82, 2.24) is 4.90 Å². The molecule has 0 N–H and O–H groups in total. The summed E-state index contributed by atoms with van der Waals surface area (Å²) in [6.07, 6.45) is 2.09. The first-order valence-electron chi connectivity index (χ1n) is 8.55. The van der Waals surface area contributed by atoms with E-state index in [1.165, 1.54) is 5.56 Å². The second kappa shape index (κ2) is 6.67. The lowest BCUT2D eigenvalue weighted by Crippen LogP contribution is -2.36. The minimum Gasteiger partial charge on any atom is -0.497 e. The fourth-order valence-electron chi connectivity index (χ4n) is 3.40. The SMILES string of the molecule is COc1cccc(CCC(=O)N2CCc3cc4c(cc3C2)OCO4)c1. The zero-order valence-electron chi connectivity index (χ0n) is 14.3. The highest BCUT2D eigenvalue weighted by atomic mass is 16.7. The van der Waals surface area contributed by atoms with Gasteiger partial charge in [-0.05, 0) is 53.8 Å². The van der Waals surface area contributed by atoms with E-state index in [1.54, 1.807) is 7.11 Å². The summed E-state index contributed by atoms with van der Waals surface area (Å²) < 4.78 is 16.1. The summed E-state index contributed by atoms with van der Waals surface area (Å²) in [6.45, 7) is 1.67. The van der Waals surface area contributed by atoms with Crippen LogP contribution >= 0.6 is 0 Å². The lowest BCUT2D eigenvalue weighted by Gasteiger charge is -2.29. The number of rotatable bonds is 4. The molecule has 5 nitrogen and oxygen atoms in total. The molecule has 2 aromatic carbocycles. The fraction of sp³-hybridized carbons (Fsp3) is 0.350. The molecule has 0 spiro atoms. The molecule has 0 fully saturated rings. The number of hydrogen-bond donors (Lipinski definition) is 0. The smallest absolute Gasteiger partial charge is 0.231 e. The van der Waals surface area contributed by atoms with E-state index in [2.05, 4.69) is 6.07 Å². The Morgan fingerprint density at radius 2 is 1.96 bits per heavy atom. The number of nitrogens with zero attached hydrogens (tertiary/aromatic N) is 1. The largest absolute Gasteiger partial charge is 0.497 e. The van der Waals surface area contributed by atoms with Crippen molar-refractivity contribution in [2.24, 2.45) is 0 Å². The van der Waals surface area contributed by atoms with Gasteiger partial charge in [0.1, 0.15) is 5.75 Å². The number of amides is 1. The summed E-state index contributed by atoms with van der Waals surface area (Å²) in [5, 5.41) is 0.